The van der Waals surface area contributed by atoms with E-state index in [1.165, 1.54) is 0 Å². The molecule has 0 radical (unpaired) electrons. The van der Waals surface area contributed by atoms with E-state index >= 15 is 0 Å². The minimum Gasteiger partial charge on any atom is -0.497 e. The first-order valence-corrected chi connectivity index (χ1v) is 6.64. The van der Waals surface area contributed by atoms with E-state index in [2.05, 4.69) is 10.2 Å². The number of methoxy groups -OCH3 is 1. The Kier molecular flexibility index (Phi) is 4.63. The summed E-state index contributed by atoms with van der Waals surface area (Å²) < 4.78 is 5.16. The summed E-state index contributed by atoms with van der Waals surface area (Å²) in [5.41, 5.74) is 6.67. The van der Waals surface area contributed by atoms with Crippen molar-refractivity contribution in [3.63, 3.8) is 0 Å². The zero-order valence-electron chi connectivity index (χ0n) is 11.3. The van der Waals surface area contributed by atoms with Gasteiger partial charge in [0, 0.05) is 18.8 Å². The Morgan fingerprint density at radius 3 is 2.79 bits per heavy atom. The number of hydrogen-bond donors (Lipinski definition) is 2. The van der Waals surface area contributed by atoms with Gasteiger partial charge in [0.15, 0.2) is 0 Å². The summed E-state index contributed by atoms with van der Waals surface area (Å²) in [7, 11) is 1.64. The maximum atomic E-state index is 12.1. The van der Waals surface area contributed by atoms with Crippen LogP contribution in [0, 0.1) is 0 Å². The monoisotopic (exact) mass is 263 g/mol. The fraction of sp³-hybridized carbons (Fsp3) is 0.500. The zero-order chi connectivity index (χ0) is 13.7. The molecule has 5 heteroatoms. The minimum atomic E-state index is -0.180. The predicted molar refractivity (Wildman–Crippen MR) is 75.4 cm³/mol. The fourth-order valence-corrected chi connectivity index (χ4v) is 2.40. The molecule has 0 bridgehead atoms. The highest BCUT2D eigenvalue weighted by molar-refractivity contribution is 5.85. The van der Waals surface area contributed by atoms with Gasteiger partial charge < -0.3 is 20.7 Å². The van der Waals surface area contributed by atoms with Gasteiger partial charge >= 0.3 is 0 Å². The van der Waals surface area contributed by atoms with E-state index in [-0.39, 0.29) is 11.9 Å². The highest BCUT2D eigenvalue weighted by atomic mass is 16.5. The molecule has 1 heterocycles. The zero-order valence-corrected chi connectivity index (χ0v) is 11.3. The number of nitrogens with two attached hydrogens (primary N) is 1. The van der Waals surface area contributed by atoms with Crippen LogP contribution in [0.1, 0.15) is 12.8 Å². The van der Waals surface area contributed by atoms with Gasteiger partial charge in [0.25, 0.3) is 0 Å². The molecule has 1 fully saturated rings. The average molecular weight is 263 g/mol. The molecule has 0 aliphatic carbocycles. The number of carbonyl (C=O) groups excluding carboxylic acids is 1. The normalized spacial score (nSPS) is 19.8. The van der Waals surface area contributed by atoms with Crippen molar-refractivity contribution in [2.75, 3.05) is 31.6 Å². The molecule has 1 amide bonds. The molecule has 1 aromatic rings. The van der Waals surface area contributed by atoms with Crippen LogP contribution in [0.25, 0.3) is 0 Å². The van der Waals surface area contributed by atoms with E-state index in [0.29, 0.717) is 13.0 Å². The molecule has 2 rings (SSSR count). The van der Waals surface area contributed by atoms with Crippen LogP contribution in [-0.4, -0.2) is 38.7 Å². The highest BCUT2D eigenvalue weighted by Crippen LogP contribution is 2.23. The SMILES string of the molecule is COc1ccc(N2CCCNC(=O)C2CCN)cc1. The molecule has 3 N–H and O–H groups in total. The van der Waals surface area contributed by atoms with Crippen molar-refractivity contribution in [1.82, 2.24) is 5.32 Å². The van der Waals surface area contributed by atoms with Gasteiger partial charge in [0.2, 0.25) is 5.91 Å². The number of benzene rings is 1. The van der Waals surface area contributed by atoms with Gasteiger partial charge in [-0.05, 0) is 43.7 Å². The molecule has 1 saturated heterocycles. The number of anilines is 1. The first-order chi connectivity index (χ1) is 9.26. The average Bonchev–Trinajstić information content (AvgIpc) is 2.62. The maximum Gasteiger partial charge on any atom is 0.242 e. The summed E-state index contributed by atoms with van der Waals surface area (Å²) in [4.78, 5) is 14.2. The largest absolute Gasteiger partial charge is 0.497 e. The van der Waals surface area contributed by atoms with Crippen LogP contribution in [-0.2, 0) is 4.79 Å². The lowest BCUT2D eigenvalue weighted by Crippen LogP contribution is -2.45. The molecule has 0 aromatic heterocycles. The molecule has 1 unspecified atom stereocenters. The number of hydrogen-bond acceptors (Lipinski definition) is 4. The summed E-state index contributed by atoms with van der Waals surface area (Å²) in [6.07, 6.45) is 1.61. The lowest BCUT2D eigenvalue weighted by atomic mass is 10.1. The van der Waals surface area contributed by atoms with E-state index in [1.807, 2.05) is 24.3 Å². The minimum absolute atomic E-state index is 0.0683. The Morgan fingerprint density at radius 1 is 1.42 bits per heavy atom. The van der Waals surface area contributed by atoms with Crippen molar-refractivity contribution >= 4 is 11.6 Å². The van der Waals surface area contributed by atoms with Gasteiger partial charge in [0.1, 0.15) is 11.8 Å². The molecule has 1 aliphatic heterocycles. The van der Waals surface area contributed by atoms with Crippen LogP contribution in [0.2, 0.25) is 0 Å². The number of ether oxygens (including phenoxy) is 1. The standard InChI is InChI=1S/C14H21N3O2/c1-19-12-5-3-11(4-6-12)17-10-2-9-16-14(18)13(17)7-8-15/h3-6,13H,2,7-10,15H2,1H3,(H,16,18). The molecule has 104 valence electrons. The van der Waals surface area contributed by atoms with Crippen LogP contribution in [0.4, 0.5) is 5.69 Å². The predicted octanol–water partition coefficient (Wildman–Crippen LogP) is 0.739. The second kappa shape index (κ2) is 6.43. The van der Waals surface area contributed by atoms with Gasteiger partial charge in [-0.15, -0.1) is 0 Å². The highest BCUT2D eigenvalue weighted by Gasteiger charge is 2.27. The van der Waals surface area contributed by atoms with Crippen molar-refractivity contribution in [1.29, 1.82) is 0 Å². The van der Waals surface area contributed by atoms with E-state index in [0.717, 1.165) is 30.9 Å². The van der Waals surface area contributed by atoms with Crippen molar-refractivity contribution < 1.29 is 9.53 Å². The molecule has 0 saturated carbocycles. The molecule has 1 aromatic carbocycles. The molecule has 1 aliphatic rings. The first kappa shape index (κ1) is 13.7. The second-order valence-electron chi connectivity index (χ2n) is 4.63. The van der Waals surface area contributed by atoms with Gasteiger partial charge in [-0.25, -0.2) is 0 Å². The number of nitrogens with zero attached hydrogens (tertiary/aromatic N) is 1. The van der Waals surface area contributed by atoms with Crippen LogP contribution in [0.15, 0.2) is 24.3 Å². The van der Waals surface area contributed by atoms with Crippen LogP contribution < -0.4 is 20.7 Å². The second-order valence-corrected chi connectivity index (χ2v) is 4.63. The van der Waals surface area contributed by atoms with Gasteiger partial charge in [-0.2, -0.15) is 0 Å². The topological polar surface area (TPSA) is 67.6 Å². The van der Waals surface area contributed by atoms with Crippen molar-refractivity contribution in [2.24, 2.45) is 5.73 Å². The molecular formula is C14H21N3O2. The van der Waals surface area contributed by atoms with Gasteiger partial charge in [-0.1, -0.05) is 0 Å². The van der Waals surface area contributed by atoms with Crippen molar-refractivity contribution in [3.8, 4) is 5.75 Å². The summed E-state index contributed by atoms with van der Waals surface area (Å²) in [5, 5.41) is 2.94. The van der Waals surface area contributed by atoms with E-state index < -0.39 is 0 Å². The fourth-order valence-electron chi connectivity index (χ4n) is 2.40. The number of nitrogens with one attached hydrogen (secondary N) is 1. The quantitative estimate of drug-likeness (QED) is 0.841. The maximum absolute atomic E-state index is 12.1. The third kappa shape index (κ3) is 3.17. The van der Waals surface area contributed by atoms with Crippen molar-refractivity contribution in [3.05, 3.63) is 24.3 Å². The molecule has 0 spiro atoms. The summed E-state index contributed by atoms with van der Waals surface area (Å²) in [6.45, 7) is 2.09. The smallest absolute Gasteiger partial charge is 0.242 e. The molecular weight excluding hydrogens is 242 g/mol. The summed E-state index contributed by atoms with van der Waals surface area (Å²) in [5.74, 6) is 0.886. The Morgan fingerprint density at radius 2 is 2.16 bits per heavy atom. The van der Waals surface area contributed by atoms with Gasteiger partial charge in [0.05, 0.1) is 7.11 Å². The van der Waals surface area contributed by atoms with Gasteiger partial charge in [-0.3, -0.25) is 4.79 Å². The van der Waals surface area contributed by atoms with E-state index in [4.69, 9.17) is 10.5 Å². The first-order valence-electron chi connectivity index (χ1n) is 6.64. The lowest BCUT2D eigenvalue weighted by Gasteiger charge is -2.30. The van der Waals surface area contributed by atoms with E-state index in [1.54, 1.807) is 7.11 Å². The third-order valence-electron chi connectivity index (χ3n) is 3.40. The van der Waals surface area contributed by atoms with Crippen LogP contribution in [0.5, 0.6) is 5.75 Å². The Hall–Kier alpha value is -1.75. The van der Waals surface area contributed by atoms with Crippen LogP contribution >= 0.6 is 0 Å². The molecule has 19 heavy (non-hydrogen) atoms. The summed E-state index contributed by atoms with van der Waals surface area (Å²) >= 11 is 0. The Labute approximate surface area is 113 Å². The molecule has 5 nitrogen and oxygen atoms in total. The Balaban J connectivity index is 2.23. The number of amides is 1. The number of carbonyl (C=O) groups is 1. The summed E-state index contributed by atoms with van der Waals surface area (Å²) in [6, 6.07) is 7.62. The van der Waals surface area contributed by atoms with E-state index in [9.17, 15) is 4.79 Å². The lowest BCUT2D eigenvalue weighted by molar-refractivity contribution is -0.122. The Bertz CT molecular complexity index is 419. The van der Waals surface area contributed by atoms with Crippen LogP contribution in [0.3, 0.4) is 0 Å². The number of rotatable bonds is 4. The molecule has 1 atom stereocenters. The third-order valence-corrected chi connectivity index (χ3v) is 3.40. The van der Waals surface area contributed by atoms with Crippen molar-refractivity contribution in [2.45, 2.75) is 18.9 Å².